The van der Waals surface area contributed by atoms with E-state index in [-0.39, 0.29) is 16.4 Å². The number of amides is 1. The van der Waals surface area contributed by atoms with Crippen molar-refractivity contribution in [1.82, 2.24) is 0 Å². The third-order valence-corrected chi connectivity index (χ3v) is 5.52. The SMILES string of the molecule is O=C1/C(=C/c2ccccc2S(=O)(=O)O)SC(=S)N1c1ccccc1. The van der Waals surface area contributed by atoms with Crippen LogP contribution in [0.25, 0.3) is 6.08 Å². The van der Waals surface area contributed by atoms with Crippen LogP contribution in [-0.2, 0) is 14.9 Å². The first-order chi connectivity index (χ1) is 11.4. The van der Waals surface area contributed by atoms with Gasteiger partial charge in [0.25, 0.3) is 16.0 Å². The van der Waals surface area contributed by atoms with E-state index in [4.69, 9.17) is 12.2 Å². The van der Waals surface area contributed by atoms with Crippen LogP contribution in [0.5, 0.6) is 0 Å². The minimum absolute atomic E-state index is 0.230. The first-order valence-corrected chi connectivity index (χ1v) is 9.44. The van der Waals surface area contributed by atoms with Crippen molar-refractivity contribution in [3.05, 3.63) is 65.1 Å². The van der Waals surface area contributed by atoms with Gasteiger partial charge in [-0.05, 0) is 29.8 Å². The second-order valence-corrected chi connectivity index (χ2v) is 7.93. The van der Waals surface area contributed by atoms with Crippen molar-refractivity contribution in [1.29, 1.82) is 0 Å². The highest BCUT2D eigenvalue weighted by Gasteiger charge is 2.33. The second-order valence-electron chi connectivity index (χ2n) is 4.87. The summed E-state index contributed by atoms with van der Waals surface area (Å²) in [7, 11) is -4.38. The average molecular weight is 377 g/mol. The Labute approximate surface area is 148 Å². The molecule has 2 aromatic carbocycles. The fourth-order valence-electron chi connectivity index (χ4n) is 2.24. The molecule has 1 fully saturated rings. The van der Waals surface area contributed by atoms with Crippen LogP contribution in [-0.4, -0.2) is 23.2 Å². The lowest BCUT2D eigenvalue weighted by Gasteiger charge is -2.13. The number of thioether (sulfide) groups is 1. The summed E-state index contributed by atoms with van der Waals surface area (Å²) in [6.45, 7) is 0. The summed E-state index contributed by atoms with van der Waals surface area (Å²) >= 11 is 6.34. The van der Waals surface area contributed by atoms with Gasteiger partial charge in [-0.15, -0.1) is 0 Å². The topological polar surface area (TPSA) is 74.7 Å². The highest BCUT2D eigenvalue weighted by Crippen LogP contribution is 2.36. The van der Waals surface area contributed by atoms with Gasteiger partial charge in [0.05, 0.1) is 10.6 Å². The van der Waals surface area contributed by atoms with E-state index < -0.39 is 10.1 Å². The summed E-state index contributed by atoms with van der Waals surface area (Å²) in [5.74, 6) is -0.332. The van der Waals surface area contributed by atoms with Crippen LogP contribution in [0.15, 0.2) is 64.4 Å². The lowest BCUT2D eigenvalue weighted by Crippen LogP contribution is -2.27. The van der Waals surface area contributed by atoms with Gasteiger partial charge in [-0.1, -0.05) is 60.4 Å². The Morgan fingerprint density at radius 2 is 1.67 bits per heavy atom. The minimum Gasteiger partial charge on any atom is -0.282 e. The molecule has 1 heterocycles. The number of carbonyl (C=O) groups is 1. The van der Waals surface area contributed by atoms with E-state index in [2.05, 4.69) is 0 Å². The molecule has 0 saturated carbocycles. The van der Waals surface area contributed by atoms with Gasteiger partial charge in [-0.25, -0.2) is 0 Å². The van der Waals surface area contributed by atoms with Crippen LogP contribution >= 0.6 is 24.0 Å². The van der Waals surface area contributed by atoms with Crippen molar-refractivity contribution < 1.29 is 17.8 Å². The summed E-state index contributed by atoms with van der Waals surface area (Å²) in [4.78, 5) is 14.0. The van der Waals surface area contributed by atoms with Crippen LogP contribution in [0, 0.1) is 0 Å². The maximum absolute atomic E-state index is 12.6. The molecule has 0 atom stereocenters. The molecule has 0 aromatic heterocycles. The Bertz CT molecular complexity index is 952. The number of benzene rings is 2. The molecule has 1 aliphatic heterocycles. The number of hydrogen-bond donors (Lipinski definition) is 1. The van der Waals surface area contributed by atoms with Gasteiger partial charge < -0.3 is 0 Å². The highest BCUT2D eigenvalue weighted by molar-refractivity contribution is 8.27. The van der Waals surface area contributed by atoms with E-state index in [9.17, 15) is 17.8 Å². The van der Waals surface area contributed by atoms with E-state index in [1.807, 2.05) is 6.07 Å². The number of rotatable bonds is 3. The first kappa shape index (κ1) is 16.8. The van der Waals surface area contributed by atoms with Gasteiger partial charge in [0.15, 0.2) is 4.32 Å². The van der Waals surface area contributed by atoms with Crippen molar-refractivity contribution in [3.63, 3.8) is 0 Å². The van der Waals surface area contributed by atoms with E-state index in [1.165, 1.54) is 29.2 Å². The highest BCUT2D eigenvalue weighted by atomic mass is 32.2. The summed E-state index contributed by atoms with van der Waals surface area (Å²) in [6.07, 6.45) is 1.42. The van der Waals surface area contributed by atoms with Gasteiger partial charge in [0, 0.05) is 0 Å². The Balaban J connectivity index is 2.02. The molecule has 0 spiro atoms. The predicted molar refractivity (Wildman–Crippen MR) is 98.4 cm³/mol. The van der Waals surface area contributed by atoms with E-state index >= 15 is 0 Å². The maximum atomic E-state index is 12.6. The number of nitrogens with zero attached hydrogens (tertiary/aromatic N) is 1. The second kappa shape index (κ2) is 6.48. The van der Waals surface area contributed by atoms with Crippen molar-refractivity contribution in [2.24, 2.45) is 0 Å². The summed E-state index contributed by atoms with van der Waals surface area (Å²) in [6, 6.07) is 14.9. The quantitative estimate of drug-likeness (QED) is 0.502. The molecule has 1 N–H and O–H groups in total. The summed E-state index contributed by atoms with van der Waals surface area (Å²) < 4.78 is 32.6. The Morgan fingerprint density at radius 1 is 1.04 bits per heavy atom. The van der Waals surface area contributed by atoms with Crippen molar-refractivity contribution in [2.45, 2.75) is 4.90 Å². The molecule has 0 bridgehead atoms. The van der Waals surface area contributed by atoms with Crippen molar-refractivity contribution in [2.75, 3.05) is 4.90 Å². The summed E-state index contributed by atoms with van der Waals surface area (Å²) in [5.41, 5.74) is 0.875. The third kappa shape index (κ3) is 3.27. The Hall–Kier alpha value is -2.00. The molecule has 122 valence electrons. The van der Waals surface area contributed by atoms with E-state index in [0.717, 1.165) is 11.8 Å². The number of hydrogen-bond acceptors (Lipinski definition) is 5. The number of thiocarbonyl (C=S) groups is 1. The average Bonchev–Trinajstić information content (AvgIpc) is 2.82. The zero-order chi connectivity index (χ0) is 17.3. The monoisotopic (exact) mass is 377 g/mol. The molecule has 5 nitrogen and oxygen atoms in total. The molecule has 0 unspecified atom stereocenters. The maximum Gasteiger partial charge on any atom is 0.295 e. The lowest BCUT2D eigenvalue weighted by molar-refractivity contribution is -0.113. The molecule has 24 heavy (non-hydrogen) atoms. The van der Waals surface area contributed by atoms with Crippen LogP contribution < -0.4 is 4.90 Å². The van der Waals surface area contributed by atoms with Gasteiger partial charge >= 0.3 is 0 Å². The molecular weight excluding hydrogens is 366 g/mol. The standard InChI is InChI=1S/C16H11NO4S3/c18-15-13(10-11-6-4-5-9-14(11)24(19,20)21)23-16(22)17(15)12-7-2-1-3-8-12/h1-10H,(H,19,20,21)/b13-10-. The molecule has 1 amide bonds. The predicted octanol–water partition coefficient (Wildman–Crippen LogP) is 3.34. The van der Waals surface area contributed by atoms with Gasteiger partial charge in [-0.2, -0.15) is 8.42 Å². The third-order valence-electron chi connectivity index (χ3n) is 3.29. The molecular formula is C16H11NO4S3. The van der Waals surface area contributed by atoms with Crippen LogP contribution in [0.1, 0.15) is 5.56 Å². The first-order valence-electron chi connectivity index (χ1n) is 6.77. The zero-order valence-corrected chi connectivity index (χ0v) is 14.6. The summed E-state index contributed by atoms with van der Waals surface area (Å²) in [5, 5.41) is 0. The normalized spacial score (nSPS) is 16.9. The smallest absolute Gasteiger partial charge is 0.282 e. The van der Waals surface area contributed by atoms with Gasteiger partial charge in [0.1, 0.15) is 4.90 Å². The van der Waals surface area contributed by atoms with Crippen LogP contribution in [0.3, 0.4) is 0 Å². The molecule has 0 aliphatic carbocycles. The van der Waals surface area contributed by atoms with E-state index in [0.29, 0.717) is 14.9 Å². The zero-order valence-electron chi connectivity index (χ0n) is 12.1. The molecule has 3 rings (SSSR count). The molecule has 1 saturated heterocycles. The Morgan fingerprint density at radius 3 is 2.33 bits per heavy atom. The molecule has 0 radical (unpaired) electrons. The molecule has 2 aromatic rings. The van der Waals surface area contributed by atoms with Gasteiger partial charge in [0.2, 0.25) is 0 Å². The largest absolute Gasteiger partial charge is 0.295 e. The van der Waals surface area contributed by atoms with Gasteiger partial charge in [-0.3, -0.25) is 14.2 Å². The lowest BCUT2D eigenvalue weighted by atomic mass is 10.2. The number of para-hydroxylation sites is 1. The minimum atomic E-state index is -4.38. The van der Waals surface area contributed by atoms with E-state index in [1.54, 1.807) is 30.3 Å². The fraction of sp³-hybridized carbons (Fsp3) is 0. The van der Waals surface area contributed by atoms with Crippen LogP contribution in [0.4, 0.5) is 5.69 Å². The van der Waals surface area contributed by atoms with Crippen molar-refractivity contribution >= 4 is 56.1 Å². The molecule has 1 aliphatic rings. The number of carbonyl (C=O) groups excluding carboxylic acids is 1. The van der Waals surface area contributed by atoms with Crippen LogP contribution in [0.2, 0.25) is 0 Å². The Kier molecular flexibility index (Phi) is 4.55. The molecule has 8 heteroatoms. The number of anilines is 1. The fourth-order valence-corrected chi connectivity index (χ4v) is 4.21. The van der Waals surface area contributed by atoms with Crippen molar-refractivity contribution in [3.8, 4) is 0 Å².